The molecule has 1 aliphatic heterocycles. The predicted molar refractivity (Wildman–Crippen MR) is 41.9 cm³/mol. The summed E-state index contributed by atoms with van der Waals surface area (Å²) in [5.74, 6) is 2.05. The first-order valence-electron chi connectivity index (χ1n) is 4.60. The van der Waals surface area contributed by atoms with Crippen LogP contribution in [0.15, 0.2) is 0 Å². The zero-order valence-electron chi connectivity index (χ0n) is 6.55. The van der Waals surface area contributed by atoms with Gasteiger partial charge in [-0.3, -0.25) is 0 Å². The quantitative estimate of drug-likeness (QED) is 0.484. The number of hydrogen-bond donors (Lipinski definition) is 0. The smallest absolute Gasteiger partial charge is 0.0164 e. The Morgan fingerprint density at radius 1 is 0.900 bits per heavy atom. The molecule has 1 heteroatoms. The summed E-state index contributed by atoms with van der Waals surface area (Å²) in [5.41, 5.74) is 0. The lowest BCUT2D eigenvalue weighted by molar-refractivity contribution is 0.183. The average Bonchev–Trinajstić information content (AvgIpc) is 2.05. The monoisotopic (exact) mass is 138 g/mol. The Hall–Kier alpha value is -0.0400. The molecule has 1 aliphatic carbocycles. The van der Waals surface area contributed by atoms with Crippen molar-refractivity contribution in [3.05, 3.63) is 0 Å². The third-order valence-electron chi connectivity index (χ3n) is 3.09. The Kier molecular flexibility index (Phi) is 1.94. The Morgan fingerprint density at radius 2 is 1.70 bits per heavy atom. The van der Waals surface area contributed by atoms with Crippen LogP contribution in [0, 0.1) is 11.8 Å². The van der Waals surface area contributed by atoms with Gasteiger partial charge in [0.05, 0.1) is 0 Å². The van der Waals surface area contributed by atoms with Crippen LogP contribution in [0.5, 0.6) is 0 Å². The van der Waals surface area contributed by atoms with E-state index in [0.717, 1.165) is 18.4 Å². The first-order chi connectivity index (χ1) is 4.97. The molecule has 1 saturated carbocycles. The van der Waals surface area contributed by atoms with Gasteiger partial charge in [-0.05, 0) is 24.7 Å². The standard InChI is InChI=1S/C9H16N/c1-2-4-9-7-10-6-5-8(9)3-1/h8-9H,1-7H2/t8-,9-/m1/s1. The summed E-state index contributed by atoms with van der Waals surface area (Å²) in [4.78, 5) is 0. The molecule has 0 unspecified atom stereocenters. The second-order valence-corrected chi connectivity index (χ2v) is 3.72. The van der Waals surface area contributed by atoms with Crippen LogP contribution in [0.2, 0.25) is 0 Å². The molecule has 1 heterocycles. The van der Waals surface area contributed by atoms with Crippen LogP contribution in [0.3, 0.4) is 0 Å². The number of piperidine rings is 1. The summed E-state index contributed by atoms with van der Waals surface area (Å²) in [7, 11) is 0. The molecule has 2 aliphatic rings. The van der Waals surface area contributed by atoms with Gasteiger partial charge in [-0.2, -0.15) is 0 Å². The maximum absolute atomic E-state index is 4.46. The highest BCUT2D eigenvalue weighted by molar-refractivity contribution is 4.80. The highest BCUT2D eigenvalue weighted by atomic mass is 14.9. The van der Waals surface area contributed by atoms with Gasteiger partial charge in [-0.1, -0.05) is 19.3 Å². The van der Waals surface area contributed by atoms with Gasteiger partial charge in [0, 0.05) is 13.1 Å². The number of hydrogen-bond acceptors (Lipinski definition) is 0. The molecule has 2 fully saturated rings. The largest absolute Gasteiger partial charge is 0.241 e. The van der Waals surface area contributed by atoms with Crippen LogP contribution < -0.4 is 5.32 Å². The number of nitrogens with zero attached hydrogens (tertiary/aromatic N) is 1. The molecule has 1 nitrogen and oxygen atoms in total. The van der Waals surface area contributed by atoms with Gasteiger partial charge in [-0.15, -0.1) is 0 Å². The van der Waals surface area contributed by atoms with E-state index in [1.54, 1.807) is 0 Å². The number of rotatable bonds is 0. The summed E-state index contributed by atoms with van der Waals surface area (Å²) in [6, 6.07) is 0. The number of fused-ring (bicyclic) bond motifs is 1. The van der Waals surface area contributed by atoms with E-state index in [9.17, 15) is 0 Å². The summed E-state index contributed by atoms with van der Waals surface area (Å²) >= 11 is 0. The summed E-state index contributed by atoms with van der Waals surface area (Å²) in [5, 5.41) is 4.46. The van der Waals surface area contributed by atoms with Gasteiger partial charge < -0.3 is 0 Å². The van der Waals surface area contributed by atoms with Crippen molar-refractivity contribution in [2.75, 3.05) is 13.1 Å². The lowest BCUT2D eigenvalue weighted by Gasteiger charge is -2.34. The van der Waals surface area contributed by atoms with Gasteiger partial charge in [0.1, 0.15) is 0 Å². The van der Waals surface area contributed by atoms with E-state index in [1.807, 2.05) is 0 Å². The fourth-order valence-corrected chi connectivity index (χ4v) is 2.42. The molecular weight excluding hydrogens is 122 g/mol. The Balaban J connectivity index is 1.93. The summed E-state index contributed by atoms with van der Waals surface area (Å²) in [6.07, 6.45) is 7.32. The molecule has 0 bridgehead atoms. The van der Waals surface area contributed by atoms with Crippen molar-refractivity contribution in [1.29, 1.82) is 0 Å². The fourth-order valence-electron chi connectivity index (χ4n) is 2.42. The molecule has 10 heavy (non-hydrogen) atoms. The van der Waals surface area contributed by atoms with Crippen LogP contribution in [-0.2, 0) is 0 Å². The first-order valence-corrected chi connectivity index (χ1v) is 4.60. The molecule has 0 N–H and O–H groups in total. The van der Waals surface area contributed by atoms with Gasteiger partial charge in [0.15, 0.2) is 0 Å². The van der Waals surface area contributed by atoms with Crippen LogP contribution in [0.1, 0.15) is 32.1 Å². The minimum atomic E-state index is 0.988. The zero-order valence-corrected chi connectivity index (χ0v) is 6.55. The van der Waals surface area contributed by atoms with Gasteiger partial charge >= 0.3 is 0 Å². The van der Waals surface area contributed by atoms with E-state index < -0.39 is 0 Å². The van der Waals surface area contributed by atoms with Crippen molar-refractivity contribution in [3.63, 3.8) is 0 Å². The van der Waals surface area contributed by atoms with Crippen molar-refractivity contribution >= 4 is 0 Å². The fraction of sp³-hybridized carbons (Fsp3) is 1.00. The van der Waals surface area contributed by atoms with Crippen LogP contribution in [0.4, 0.5) is 0 Å². The maximum atomic E-state index is 4.46. The molecule has 1 saturated heterocycles. The first kappa shape index (κ1) is 6.66. The predicted octanol–water partition coefficient (Wildman–Crippen LogP) is 1.80. The third-order valence-corrected chi connectivity index (χ3v) is 3.09. The molecule has 2 atom stereocenters. The van der Waals surface area contributed by atoms with Crippen LogP contribution in [0.25, 0.3) is 0 Å². The van der Waals surface area contributed by atoms with Gasteiger partial charge in [0.25, 0.3) is 0 Å². The second kappa shape index (κ2) is 2.91. The highest BCUT2D eigenvalue weighted by Crippen LogP contribution is 2.33. The lowest BCUT2D eigenvalue weighted by Crippen LogP contribution is -2.34. The van der Waals surface area contributed by atoms with E-state index in [2.05, 4.69) is 5.32 Å². The highest BCUT2D eigenvalue weighted by Gasteiger charge is 2.27. The molecule has 0 aromatic rings. The van der Waals surface area contributed by atoms with Crippen molar-refractivity contribution < 1.29 is 0 Å². The van der Waals surface area contributed by atoms with E-state index >= 15 is 0 Å². The Labute approximate surface area is 63.2 Å². The molecule has 0 aromatic heterocycles. The minimum Gasteiger partial charge on any atom is -0.241 e. The van der Waals surface area contributed by atoms with E-state index in [1.165, 1.54) is 38.6 Å². The molecule has 0 spiro atoms. The molecule has 1 radical (unpaired) electrons. The summed E-state index contributed by atoms with van der Waals surface area (Å²) in [6.45, 7) is 2.34. The van der Waals surface area contributed by atoms with Gasteiger partial charge in [0.2, 0.25) is 0 Å². The SMILES string of the molecule is C1CC[C@@H]2C[N]CC[C@H]2C1. The topological polar surface area (TPSA) is 14.1 Å². The average molecular weight is 138 g/mol. The third kappa shape index (κ3) is 1.20. The van der Waals surface area contributed by atoms with Crippen molar-refractivity contribution in [2.24, 2.45) is 11.8 Å². The van der Waals surface area contributed by atoms with Crippen molar-refractivity contribution in [1.82, 2.24) is 5.32 Å². The Morgan fingerprint density at radius 3 is 2.50 bits per heavy atom. The summed E-state index contributed by atoms with van der Waals surface area (Å²) < 4.78 is 0. The second-order valence-electron chi connectivity index (χ2n) is 3.72. The molecule has 0 amide bonds. The van der Waals surface area contributed by atoms with Crippen molar-refractivity contribution in [3.8, 4) is 0 Å². The van der Waals surface area contributed by atoms with E-state index in [4.69, 9.17) is 0 Å². The van der Waals surface area contributed by atoms with E-state index in [-0.39, 0.29) is 0 Å². The van der Waals surface area contributed by atoms with Crippen molar-refractivity contribution in [2.45, 2.75) is 32.1 Å². The van der Waals surface area contributed by atoms with Crippen LogP contribution in [-0.4, -0.2) is 13.1 Å². The molecule has 57 valence electrons. The normalized spacial score (nSPS) is 40.8. The maximum Gasteiger partial charge on any atom is 0.0164 e. The minimum absolute atomic E-state index is 0.988. The van der Waals surface area contributed by atoms with Gasteiger partial charge in [-0.25, -0.2) is 5.32 Å². The lowest BCUT2D eigenvalue weighted by atomic mass is 9.76. The molecule has 0 aromatic carbocycles. The van der Waals surface area contributed by atoms with Crippen LogP contribution >= 0.6 is 0 Å². The molecular formula is C9H16N. The zero-order chi connectivity index (χ0) is 6.81. The van der Waals surface area contributed by atoms with E-state index in [0.29, 0.717) is 0 Å². The molecule has 2 rings (SSSR count). The Bertz CT molecular complexity index is 85.3.